The van der Waals surface area contributed by atoms with Gasteiger partial charge in [-0.1, -0.05) is 37.8 Å². The number of carbonyl (C=O) groups is 1. The van der Waals surface area contributed by atoms with E-state index in [2.05, 4.69) is 29.6 Å². The van der Waals surface area contributed by atoms with Crippen LogP contribution < -0.4 is 9.47 Å². The second-order valence-electron chi connectivity index (χ2n) is 7.86. The average molecular weight is 421 g/mol. The average Bonchev–Trinajstić information content (AvgIpc) is 2.66. The van der Waals surface area contributed by atoms with Gasteiger partial charge in [0.05, 0.1) is 24.8 Å². The quantitative estimate of drug-likeness (QED) is 0.686. The molecule has 1 aliphatic rings. The van der Waals surface area contributed by atoms with Gasteiger partial charge in [0, 0.05) is 8.07 Å². The number of ether oxygens (including phenoxy) is 2. The number of benzene rings is 1. The minimum atomic E-state index is -3.88. The molecule has 0 N–H and O–H groups in total. The second kappa shape index (κ2) is 7.29. The number of hydrogen-bond donors (Lipinski definition) is 0. The molecule has 9 heteroatoms. The number of hydrogen-bond acceptors (Lipinski definition) is 7. The van der Waals surface area contributed by atoms with Gasteiger partial charge >= 0.3 is 6.01 Å². The molecule has 2 atom stereocenters. The summed E-state index contributed by atoms with van der Waals surface area (Å²) in [5.41, 5.74) is 0.296. The van der Waals surface area contributed by atoms with Gasteiger partial charge in [-0.3, -0.25) is 4.79 Å². The highest BCUT2D eigenvalue weighted by Gasteiger charge is 2.51. The lowest BCUT2D eigenvalue weighted by Crippen LogP contribution is -2.49. The molecule has 3 rings (SSSR count). The van der Waals surface area contributed by atoms with E-state index in [1.807, 2.05) is 0 Å². The Balaban J connectivity index is 2.24. The third-order valence-electron chi connectivity index (χ3n) is 5.11. The first-order valence-electron chi connectivity index (χ1n) is 8.93. The zero-order valence-corrected chi connectivity index (χ0v) is 18.4. The molecule has 0 amide bonds. The van der Waals surface area contributed by atoms with Gasteiger partial charge in [-0.05, 0) is 24.1 Å². The molecular formula is C19H24N2O5SSi. The maximum absolute atomic E-state index is 13.5. The molecule has 0 bridgehead atoms. The maximum atomic E-state index is 13.5. The van der Waals surface area contributed by atoms with Crippen molar-refractivity contribution < 1.29 is 22.7 Å². The van der Waals surface area contributed by atoms with E-state index in [9.17, 15) is 13.2 Å². The molecule has 2 aromatic rings. The van der Waals surface area contributed by atoms with E-state index in [-0.39, 0.29) is 27.9 Å². The van der Waals surface area contributed by atoms with Crippen molar-refractivity contribution in [3.63, 3.8) is 0 Å². The van der Waals surface area contributed by atoms with E-state index in [1.54, 1.807) is 18.2 Å². The van der Waals surface area contributed by atoms with E-state index in [4.69, 9.17) is 9.47 Å². The van der Waals surface area contributed by atoms with Crippen LogP contribution in [0.1, 0.15) is 16.1 Å². The lowest BCUT2D eigenvalue weighted by atomic mass is 9.94. The molecule has 0 aliphatic heterocycles. The fraction of sp³-hybridized carbons (Fsp3) is 0.421. The molecule has 2 unspecified atom stereocenters. The van der Waals surface area contributed by atoms with Gasteiger partial charge in [0.15, 0.2) is 15.6 Å². The van der Waals surface area contributed by atoms with E-state index < -0.39 is 28.9 Å². The summed E-state index contributed by atoms with van der Waals surface area (Å²) in [5, 5.41) is -1.18. The van der Waals surface area contributed by atoms with Gasteiger partial charge in [0.25, 0.3) is 0 Å². The Morgan fingerprint density at radius 1 is 1.04 bits per heavy atom. The third-order valence-corrected chi connectivity index (χ3v) is 10.3. The number of fused-ring (bicyclic) bond motifs is 1. The zero-order valence-electron chi connectivity index (χ0n) is 16.6. The van der Waals surface area contributed by atoms with Gasteiger partial charge in [-0.2, -0.15) is 9.97 Å². The molecule has 150 valence electrons. The van der Waals surface area contributed by atoms with Crippen LogP contribution in [0.4, 0.5) is 0 Å². The van der Waals surface area contributed by atoms with Crippen molar-refractivity contribution in [2.75, 3.05) is 14.2 Å². The van der Waals surface area contributed by atoms with Crippen LogP contribution in [0.3, 0.4) is 0 Å². The van der Waals surface area contributed by atoms with Crippen LogP contribution in [0, 0.1) is 0 Å². The van der Waals surface area contributed by atoms with Crippen LogP contribution in [0.2, 0.25) is 25.2 Å². The maximum Gasteiger partial charge on any atom is 0.319 e. The van der Waals surface area contributed by atoms with Gasteiger partial charge in [-0.25, -0.2) is 8.42 Å². The minimum Gasteiger partial charge on any atom is -0.480 e. The highest BCUT2D eigenvalue weighted by Crippen LogP contribution is 2.43. The fourth-order valence-electron chi connectivity index (χ4n) is 3.61. The van der Waals surface area contributed by atoms with Gasteiger partial charge < -0.3 is 9.47 Å². The van der Waals surface area contributed by atoms with Crippen molar-refractivity contribution in [3.05, 3.63) is 41.6 Å². The predicted octanol–water partition coefficient (Wildman–Crippen LogP) is 2.78. The summed E-state index contributed by atoms with van der Waals surface area (Å²) in [5.74, 6) is -0.453. The Bertz CT molecular complexity index is 1000. The first kappa shape index (κ1) is 20.5. The van der Waals surface area contributed by atoms with Crippen LogP contribution in [0.25, 0.3) is 0 Å². The molecule has 0 saturated heterocycles. The van der Waals surface area contributed by atoms with Crippen LogP contribution in [0.15, 0.2) is 35.2 Å². The molecule has 1 aromatic carbocycles. The molecule has 0 fully saturated rings. The van der Waals surface area contributed by atoms with Crippen molar-refractivity contribution in [2.24, 2.45) is 0 Å². The molecule has 7 nitrogen and oxygen atoms in total. The SMILES string of the molecule is COc1nc2c(c(OC)n1)C(=O)C(S(=O)(=O)c1ccccc1)C([Si](C)(C)C)C2. The number of ketones is 1. The standard InChI is InChI=1S/C19H24N2O5SSi/c1-25-18-15-13(20-19(21-18)26-2)11-14(28(3,4)5)17(16(15)22)27(23,24)12-9-7-6-8-10-12/h6-10,14,17H,11H2,1-5H3. The van der Waals surface area contributed by atoms with Crippen molar-refractivity contribution in [2.45, 2.75) is 41.7 Å². The van der Waals surface area contributed by atoms with Gasteiger partial charge in [0.2, 0.25) is 5.88 Å². The lowest BCUT2D eigenvalue weighted by Gasteiger charge is -2.38. The van der Waals surface area contributed by atoms with Gasteiger partial charge in [-0.15, -0.1) is 0 Å². The van der Waals surface area contributed by atoms with E-state index >= 15 is 0 Å². The van der Waals surface area contributed by atoms with E-state index in [0.29, 0.717) is 12.1 Å². The number of sulfone groups is 1. The molecule has 0 spiro atoms. The first-order chi connectivity index (χ1) is 13.1. The molecule has 1 heterocycles. The molecule has 1 aliphatic carbocycles. The number of carbonyl (C=O) groups excluding carboxylic acids is 1. The summed E-state index contributed by atoms with van der Waals surface area (Å²) < 4.78 is 37.4. The molecule has 1 aromatic heterocycles. The molecule has 0 radical (unpaired) electrons. The van der Waals surface area contributed by atoms with Crippen molar-refractivity contribution in [1.82, 2.24) is 9.97 Å². The zero-order chi connectivity index (χ0) is 20.7. The summed E-state index contributed by atoms with van der Waals surface area (Å²) >= 11 is 0. The smallest absolute Gasteiger partial charge is 0.319 e. The number of aromatic nitrogens is 2. The topological polar surface area (TPSA) is 95.4 Å². The molecule has 0 saturated carbocycles. The second-order valence-corrected chi connectivity index (χ2v) is 15.4. The summed E-state index contributed by atoms with van der Waals surface area (Å²) in [7, 11) is -3.13. The highest BCUT2D eigenvalue weighted by molar-refractivity contribution is 7.93. The molecule has 28 heavy (non-hydrogen) atoms. The number of methoxy groups -OCH3 is 2. The van der Waals surface area contributed by atoms with Crippen LogP contribution in [-0.2, 0) is 16.3 Å². The Labute approximate surface area is 166 Å². The largest absolute Gasteiger partial charge is 0.480 e. The van der Waals surface area contributed by atoms with Crippen LogP contribution in [0.5, 0.6) is 11.9 Å². The third kappa shape index (κ3) is 3.44. The highest BCUT2D eigenvalue weighted by atomic mass is 32.2. The minimum absolute atomic E-state index is 0.0501. The number of Topliss-reactive ketones (excluding diaryl/α,β-unsaturated/α-hetero) is 1. The lowest BCUT2D eigenvalue weighted by molar-refractivity contribution is 0.0969. The van der Waals surface area contributed by atoms with Crippen LogP contribution >= 0.6 is 0 Å². The van der Waals surface area contributed by atoms with Crippen molar-refractivity contribution in [1.29, 1.82) is 0 Å². The summed E-state index contributed by atoms with van der Waals surface area (Å²) in [6.45, 7) is 6.21. The summed E-state index contributed by atoms with van der Waals surface area (Å²) in [6.07, 6.45) is 0.364. The Kier molecular flexibility index (Phi) is 5.33. The Hall–Kier alpha value is -2.26. The van der Waals surface area contributed by atoms with Crippen LogP contribution in [-0.4, -0.2) is 51.7 Å². The summed E-state index contributed by atoms with van der Waals surface area (Å²) in [6, 6.07) is 8.22. The van der Waals surface area contributed by atoms with E-state index in [0.717, 1.165) is 0 Å². The van der Waals surface area contributed by atoms with Crippen molar-refractivity contribution in [3.8, 4) is 11.9 Å². The molecular weight excluding hydrogens is 396 g/mol. The Morgan fingerprint density at radius 2 is 1.68 bits per heavy atom. The predicted molar refractivity (Wildman–Crippen MR) is 108 cm³/mol. The van der Waals surface area contributed by atoms with Crippen molar-refractivity contribution >= 4 is 23.7 Å². The Morgan fingerprint density at radius 3 is 2.21 bits per heavy atom. The first-order valence-corrected chi connectivity index (χ1v) is 14.1. The van der Waals surface area contributed by atoms with Gasteiger partial charge in [0.1, 0.15) is 10.8 Å². The summed E-state index contributed by atoms with van der Waals surface area (Å²) in [4.78, 5) is 22.1. The number of rotatable bonds is 5. The monoisotopic (exact) mass is 420 g/mol. The number of nitrogens with zero attached hydrogens (tertiary/aromatic N) is 2. The fourth-order valence-corrected chi connectivity index (χ4v) is 9.00. The normalized spacial score (nSPS) is 19.8. The van der Waals surface area contributed by atoms with E-state index in [1.165, 1.54) is 26.4 Å².